The van der Waals surface area contributed by atoms with Crippen LogP contribution in [0.5, 0.6) is 11.8 Å². The summed E-state index contributed by atoms with van der Waals surface area (Å²) in [7, 11) is 2.99. The molecule has 0 saturated heterocycles. The van der Waals surface area contributed by atoms with E-state index >= 15 is 0 Å². The summed E-state index contributed by atoms with van der Waals surface area (Å²) in [5.41, 5.74) is 11.7. The molecule has 43 heavy (non-hydrogen) atoms. The van der Waals surface area contributed by atoms with E-state index in [2.05, 4.69) is 31.5 Å². The van der Waals surface area contributed by atoms with Crippen molar-refractivity contribution in [2.75, 3.05) is 20.0 Å². The zero-order chi connectivity index (χ0) is 29.5. The summed E-state index contributed by atoms with van der Waals surface area (Å²) >= 11 is 0. The first-order valence-corrected chi connectivity index (χ1v) is 13.5. The number of aryl methyl sites for hydroxylation is 1. The van der Waals surface area contributed by atoms with Crippen LogP contribution in [0.1, 0.15) is 33.9 Å². The Hall–Kier alpha value is -5.85. The van der Waals surface area contributed by atoms with Gasteiger partial charge < -0.3 is 20.5 Å². The Bertz CT molecular complexity index is 1960. The van der Waals surface area contributed by atoms with Crippen molar-refractivity contribution in [2.45, 2.75) is 18.9 Å². The Morgan fingerprint density at radius 1 is 0.953 bits per heavy atom. The third-order valence-corrected chi connectivity index (χ3v) is 7.42. The van der Waals surface area contributed by atoms with Gasteiger partial charge in [-0.3, -0.25) is 9.36 Å². The predicted molar refractivity (Wildman–Crippen MR) is 157 cm³/mol. The van der Waals surface area contributed by atoms with Gasteiger partial charge in [0.15, 0.2) is 17.3 Å². The number of carbonyl (C=O) groups is 1. The number of nitrogen functional groups attached to an aromatic ring is 1. The summed E-state index contributed by atoms with van der Waals surface area (Å²) in [5.74, 6) is 1.90. The molecular formula is C30H26N10O3. The van der Waals surface area contributed by atoms with Crippen LogP contribution in [0, 0.1) is 0 Å². The lowest BCUT2D eigenvalue weighted by atomic mass is 10.1. The molecule has 1 aliphatic carbocycles. The van der Waals surface area contributed by atoms with Gasteiger partial charge in [-0.15, -0.1) is 4.80 Å². The van der Waals surface area contributed by atoms with Gasteiger partial charge in [-0.05, 0) is 60.4 Å². The van der Waals surface area contributed by atoms with Crippen molar-refractivity contribution >= 4 is 22.9 Å². The average molecular weight is 575 g/mol. The second-order valence-corrected chi connectivity index (χ2v) is 9.93. The molecule has 0 radical (unpaired) electrons. The number of imidazole rings is 1. The minimum Gasteiger partial charge on any atom is -0.481 e. The number of pyridine rings is 3. The summed E-state index contributed by atoms with van der Waals surface area (Å²) in [6.07, 6.45) is 6.38. The maximum absolute atomic E-state index is 13.2. The molecule has 0 spiro atoms. The van der Waals surface area contributed by atoms with Crippen molar-refractivity contribution < 1.29 is 14.3 Å². The van der Waals surface area contributed by atoms with Crippen molar-refractivity contribution in [1.82, 2.24) is 44.8 Å². The Morgan fingerprint density at radius 2 is 1.74 bits per heavy atom. The number of carbonyl (C=O) groups excluding carboxylic acids is 1. The Kier molecular flexibility index (Phi) is 6.38. The second kappa shape index (κ2) is 10.5. The van der Waals surface area contributed by atoms with Gasteiger partial charge >= 0.3 is 0 Å². The Morgan fingerprint density at radius 3 is 2.49 bits per heavy atom. The first-order valence-electron chi connectivity index (χ1n) is 13.5. The van der Waals surface area contributed by atoms with Gasteiger partial charge in [0, 0.05) is 24.0 Å². The van der Waals surface area contributed by atoms with E-state index in [0.29, 0.717) is 51.5 Å². The number of nitrogens with zero attached hydrogens (tertiary/aromatic N) is 8. The van der Waals surface area contributed by atoms with Crippen LogP contribution in [-0.2, 0) is 6.42 Å². The number of fused-ring (bicyclic) bond motifs is 2. The van der Waals surface area contributed by atoms with E-state index in [1.165, 1.54) is 19.0 Å². The average Bonchev–Trinajstić information content (AvgIpc) is 3.80. The van der Waals surface area contributed by atoms with Crippen LogP contribution in [0.15, 0.2) is 73.2 Å². The third kappa shape index (κ3) is 4.66. The van der Waals surface area contributed by atoms with Crippen LogP contribution < -0.4 is 20.5 Å². The highest BCUT2D eigenvalue weighted by Crippen LogP contribution is 2.36. The second-order valence-electron chi connectivity index (χ2n) is 9.93. The largest absolute Gasteiger partial charge is 0.481 e. The fourth-order valence-corrected chi connectivity index (χ4v) is 5.38. The monoisotopic (exact) mass is 574 g/mol. The number of amides is 1. The van der Waals surface area contributed by atoms with Gasteiger partial charge in [-0.2, -0.15) is 15.2 Å². The van der Waals surface area contributed by atoms with E-state index in [1.54, 1.807) is 30.7 Å². The van der Waals surface area contributed by atoms with E-state index in [1.807, 2.05) is 41.0 Å². The first-order chi connectivity index (χ1) is 21.0. The zero-order valence-electron chi connectivity index (χ0n) is 23.3. The molecule has 1 aromatic carbocycles. The molecule has 0 aliphatic heterocycles. The van der Waals surface area contributed by atoms with Crippen LogP contribution in [0.4, 0.5) is 5.82 Å². The fraction of sp³-hybridized carbons (Fsp3) is 0.167. The molecule has 3 N–H and O–H groups in total. The molecule has 0 unspecified atom stereocenters. The van der Waals surface area contributed by atoms with Gasteiger partial charge in [-0.25, -0.2) is 15.0 Å². The minimum atomic E-state index is -0.236. The standard InChI is InChI=1S/C30H26N10O3/c1-42-25-15-18(16-26(38-25)43-2)30(41)36-22-8-5-17-14-19(6-7-20(17)22)39-28(21-4-3-11-32-27(21)31)35-23-9-10-24(37-29(23)39)40-33-12-13-34-40/h3-4,6-7,9-16,22H,5,8H2,1-2H3,(H2,31,32)(H,36,41)/t22-/m0/s1. The molecule has 1 aliphatic rings. The molecule has 6 aromatic rings. The number of hydrogen-bond acceptors (Lipinski definition) is 10. The van der Waals surface area contributed by atoms with Crippen molar-refractivity contribution in [1.29, 1.82) is 0 Å². The summed E-state index contributed by atoms with van der Waals surface area (Å²) in [6.45, 7) is 0. The van der Waals surface area contributed by atoms with Gasteiger partial charge in [0.05, 0.1) is 43.8 Å². The molecule has 5 aromatic heterocycles. The van der Waals surface area contributed by atoms with Crippen LogP contribution in [0.25, 0.3) is 34.1 Å². The lowest BCUT2D eigenvalue weighted by Crippen LogP contribution is -2.27. The number of rotatable bonds is 7. The number of aromatic nitrogens is 8. The molecule has 214 valence electrons. The summed E-state index contributed by atoms with van der Waals surface area (Å²) < 4.78 is 12.4. The normalized spacial score (nSPS) is 14.0. The molecular weight excluding hydrogens is 548 g/mol. The molecule has 1 amide bonds. The topological polar surface area (TPSA) is 161 Å². The molecule has 0 fully saturated rings. The molecule has 0 bridgehead atoms. The van der Waals surface area contributed by atoms with Crippen LogP contribution >= 0.6 is 0 Å². The predicted octanol–water partition coefficient (Wildman–Crippen LogP) is 3.47. The van der Waals surface area contributed by atoms with E-state index in [4.69, 9.17) is 25.2 Å². The van der Waals surface area contributed by atoms with Crippen LogP contribution in [-0.4, -0.2) is 59.6 Å². The quantitative estimate of drug-likeness (QED) is 0.289. The number of nitrogens with two attached hydrogens (primary N) is 1. The zero-order valence-corrected chi connectivity index (χ0v) is 23.3. The third-order valence-electron chi connectivity index (χ3n) is 7.42. The summed E-state index contributed by atoms with van der Waals surface area (Å²) in [5, 5.41) is 11.6. The Labute approximate surface area is 245 Å². The number of nitrogens with one attached hydrogen (secondary N) is 1. The van der Waals surface area contributed by atoms with Crippen molar-refractivity contribution in [3.05, 3.63) is 89.9 Å². The van der Waals surface area contributed by atoms with Crippen LogP contribution in [0.2, 0.25) is 0 Å². The molecule has 1 atom stereocenters. The lowest BCUT2D eigenvalue weighted by molar-refractivity contribution is 0.0935. The van der Waals surface area contributed by atoms with E-state index < -0.39 is 0 Å². The van der Waals surface area contributed by atoms with Gasteiger partial charge in [-0.1, -0.05) is 6.07 Å². The highest BCUT2D eigenvalue weighted by Gasteiger charge is 2.27. The highest BCUT2D eigenvalue weighted by atomic mass is 16.5. The number of ether oxygens (including phenoxy) is 2. The Balaban J connectivity index is 1.28. The van der Waals surface area contributed by atoms with Gasteiger partial charge in [0.25, 0.3) is 5.91 Å². The van der Waals surface area contributed by atoms with E-state index in [0.717, 1.165) is 29.7 Å². The van der Waals surface area contributed by atoms with Crippen molar-refractivity contribution in [3.63, 3.8) is 0 Å². The molecule has 13 heteroatoms. The molecule has 13 nitrogen and oxygen atoms in total. The summed E-state index contributed by atoms with van der Waals surface area (Å²) in [4.78, 5) is 32.9. The van der Waals surface area contributed by atoms with E-state index in [-0.39, 0.29) is 11.9 Å². The number of methoxy groups -OCH3 is 2. The van der Waals surface area contributed by atoms with Gasteiger partial charge in [0.2, 0.25) is 11.8 Å². The molecule has 0 saturated carbocycles. The molecule has 7 rings (SSSR count). The molecule has 5 heterocycles. The van der Waals surface area contributed by atoms with Gasteiger partial charge in [0.1, 0.15) is 11.3 Å². The van der Waals surface area contributed by atoms with Crippen LogP contribution in [0.3, 0.4) is 0 Å². The number of hydrogen-bond donors (Lipinski definition) is 2. The van der Waals surface area contributed by atoms with E-state index in [9.17, 15) is 4.79 Å². The number of benzene rings is 1. The smallest absolute Gasteiger partial charge is 0.252 e. The minimum absolute atomic E-state index is 0.162. The lowest BCUT2D eigenvalue weighted by Gasteiger charge is -2.16. The maximum Gasteiger partial charge on any atom is 0.252 e. The van der Waals surface area contributed by atoms with Crippen molar-refractivity contribution in [3.8, 4) is 34.7 Å². The maximum atomic E-state index is 13.2. The first kappa shape index (κ1) is 26.1. The fourth-order valence-electron chi connectivity index (χ4n) is 5.38. The highest BCUT2D eigenvalue weighted by molar-refractivity contribution is 5.95. The summed E-state index contributed by atoms with van der Waals surface area (Å²) in [6, 6.07) is 16.6. The number of anilines is 1. The van der Waals surface area contributed by atoms with Crippen molar-refractivity contribution in [2.24, 2.45) is 0 Å². The SMILES string of the molecule is COc1cc(C(=O)N[C@H]2CCc3cc(-n4c(-c5cccnc5N)nc5ccc(-n6nccn6)nc54)ccc32)cc(OC)n1.